The fourth-order valence-electron chi connectivity index (χ4n) is 10.3. The van der Waals surface area contributed by atoms with E-state index in [2.05, 4.69) is 14.9 Å². The Morgan fingerprint density at radius 1 is 0.925 bits per heavy atom. The van der Waals surface area contributed by atoms with E-state index in [-0.39, 0.29) is 134 Å². The third-order valence-electron chi connectivity index (χ3n) is 12.0. The van der Waals surface area contributed by atoms with Gasteiger partial charge in [0.05, 0.1) is 18.8 Å². The van der Waals surface area contributed by atoms with Crippen molar-refractivity contribution >= 4 is 38.7 Å². The smallest absolute Gasteiger partial charge is 0.726 e. The van der Waals surface area contributed by atoms with Crippen LogP contribution in [-0.2, 0) is 57.8 Å². The minimum absolute atomic E-state index is 0. The number of aliphatic hydroxyl groups is 2. The van der Waals surface area contributed by atoms with Gasteiger partial charge in [0.1, 0.15) is 18.3 Å². The number of aliphatic carboxylic acids is 2. The zero-order valence-corrected chi connectivity index (χ0v) is 38.1. The molecule has 1 heterocycles. The van der Waals surface area contributed by atoms with Crippen molar-refractivity contribution in [1.29, 1.82) is 0 Å². The van der Waals surface area contributed by atoms with Gasteiger partial charge in [-0.15, -0.1) is 0 Å². The van der Waals surface area contributed by atoms with E-state index in [4.69, 9.17) is 14.2 Å². The predicted octanol–water partition coefficient (Wildman–Crippen LogP) is -5.56. The van der Waals surface area contributed by atoms with Gasteiger partial charge in [-0.05, 0) is 73.2 Å². The molecule has 0 aromatic rings. The zero-order valence-electron chi connectivity index (χ0n) is 30.2. The molecule has 1 aliphatic heterocycles. The van der Waals surface area contributed by atoms with E-state index in [0.29, 0.717) is 31.3 Å². The average molecular weight is 847 g/mol. The van der Waals surface area contributed by atoms with Crippen LogP contribution in [0.5, 0.6) is 0 Å². The first-order valence-electron chi connectivity index (χ1n) is 16.7. The van der Waals surface area contributed by atoms with Gasteiger partial charge in [-0.1, -0.05) is 27.4 Å². The molecular weight excluding hydrogens is 803 g/mol. The molecule has 0 aromatic heterocycles. The number of carbonyl (C=O) groups is 3. The number of hydrogen-bond acceptors (Lipinski definition) is 16. The predicted molar refractivity (Wildman–Crippen MR) is 165 cm³/mol. The summed E-state index contributed by atoms with van der Waals surface area (Å²) in [6.45, 7) is 7.93. The van der Waals surface area contributed by atoms with Crippen LogP contribution in [0.4, 0.5) is 0 Å². The molecule has 18 nitrogen and oxygen atoms in total. The molecule has 12 atom stereocenters. The zero-order chi connectivity index (χ0) is 38.1. The number of hydrogen-bond donors (Lipinski definition) is 4. The van der Waals surface area contributed by atoms with E-state index in [0.717, 1.165) is 0 Å². The van der Waals surface area contributed by atoms with Crippen LogP contribution in [-0.4, -0.2) is 114 Å². The van der Waals surface area contributed by atoms with E-state index in [1.54, 1.807) is 20.8 Å². The fraction of sp³-hybridized carbons (Fsp3) is 0.839. The number of rotatable bonds is 12. The van der Waals surface area contributed by atoms with Crippen molar-refractivity contribution < 1.29 is 186 Å². The Morgan fingerprint density at radius 2 is 1.51 bits per heavy atom. The van der Waals surface area contributed by atoms with E-state index < -0.39 is 123 Å². The van der Waals surface area contributed by atoms with Crippen LogP contribution in [0.25, 0.3) is 0 Å². The largest absolute Gasteiger partial charge is 1.00 e. The van der Waals surface area contributed by atoms with Crippen LogP contribution >= 0.6 is 0 Å². The first-order valence-corrected chi connectivity index (χ1v) is 19.4. The van der Waals surface area contributed by atoms with Crippen LogP contribution < -0.4 is 103 Å². The number of ether oxygens (including phenoxy) is 3. The van der Waals surface area contributed by atoms with Gasteiger partial charge in [0.15, 0.2) is 17.8 Å². The Labute approximate surface area is 393 Å². The van der Waals surface area contributed by atoms with Gasteiger partial charge in [-0.2, -0.15) is 0 Å². The maximum Gasteiger partial charge on any atom is 1.00 e. The molecule has 12 unspecified atom stereocenters. The molecule has 5 fully saturated rings. The third-order valence-corrected chi connectivity index (χ3v) is 12.9. The molecule has 0 aromatic carbocycles. The van der Waals surface area contributed by atoms with Crippen LogP contribution in [0.2, 0.25) is 0 Å². The van der Waals surface area contributed by atoms with Gasteiger partial charge in [-0.3, -0.25) is 22.7 Å². The summed E-state index contributed by atoms with van der Waals surface area (Å²) in [6, 6.07) is 0. The minimum Gasteiger partial charge on any atom is -0.726 e. The average Bonchev–Trinajstić information content (AvgIpc) is 3.16. The SMILES string of the molecule is C=C1C2CCC3C4(C)CC(OC5OC(CO)C(OS(=O)(=O)[O-])C(OS(=O)(=O)[O-])C5OC(=O)CC(C)C)CC(C(=O)O)(C(=O)O)C4CCC3(C2)C1O.[K+].[K+]. The summed E-state index contributed by atoms with van der Waals surface area (Å²) in [5.41, 5.74) is -3.58. The summed E-state index contributed by atoms with van der Waals surface area (Å²) >= 11 is 0. The van der Waals surface area contributed by atoms with Gasteiger partial charge < -0.3 is 43.7 Å². The molecule has 1 saturated heterocycles. The van der Waals surface area contributed by atoms with E-state index in [1.807, 2.05) is 0 Å². The molecule has 4 N–H and O–H groups in total. The van der Waals surface area contributed by atoms with Crippen molar-refractivity contribution in [2.24, 2.45) is 39.9 Å². The summed E-state index contributed by atoms with van der Waals surface area (Å²) in [5.74, 6) is -5.97. The van der Waals surface area contributed by atoms with Crippen molar-refractivity contribution in [3.8, 4) is 0 Å². The molecule has 5 rings (SSSR count). The Balaban J connectivity index is 0.00000378. The van der Waals surface area contributed by atoms with Crippen molar-refractivity contribution in [2.45, 2.75) is 115 Å². The van der Waals surface area contributed by atoms with Crippen molar-refractivity contribution in [2.75, 3.05) is 6.61 Å². The van der Waals surface area contributed by atoms with Crippen molar-refractivity contribution in [3.63, 3.8) is 0 Å². The van der Waals surface area contributed by atoms with Crippen LogP contribution in [0.15, 0.2) is 12.2 Å². The second kappa shape index (κ2) is 17.7. The summed E-state index contributed by atoms with van der Waals surface area (Å²) in [4.78, 5) is 39.2. The van der Waals surface area contributed by atoms with Gasteiger partial charge >= 0.3 is 121 Å². The van der Waals surface area contributed by atoms with Gasteiger partial charge in [-0.25, -0.2) is 16.8 Å². The monoisotopic (exact) mass is 846 g/mol. The molecule has 22 heteroatoms. The van der Waals surface area contributed by atoms with Crippen LogP contribution in [0.3, 0.4) is 0 Å². The molecule has 290 valence electrons. The number of aliphatic hydroxyl groups excluding tert-OH is 2. The molecular formula is C31H44K2O18S2. The fourth-order valence-corrected chi connectivity index (χ4v) is 11.3. The van der Waals surface area contributed by atoms with Crippen LogP contribution in [0.1, 0.15) is 72.1 Å². The molecule has 4 saturated carbocycles. The summed E-state index contributed by atoms with van der Waals surface area (Å²) < 4.78 is 97.0. The minimum atomic E-state index is -5.78. The van der Waals surface area contributed by atoms with Crippen LogP contribution in [0, 0.1) is 39.9 Å². The van der Waals surface area contributed by atoms with E-state index in [1.165, 1.54) is 0 Å². The number of esters is 1. The second-order valence-corrected chi connectivity index (χ2v) is 17.3. The number of carboxylic acid groups (broad SMARTS) is 2. The Kier molecular flexibility index (Phi) is 16.1. The van der Waals surface area contributed by atoms with Gasteiger partial charge in [0.25, 0.3) is 0 Å². The molecule has 4 aliphatic carbocycles. The Morgan fingerprint density at radius 3 is 2.04 bits per heavy atom. The quantitative estimate of drug-likeness (QED) is 0.0271. The van der Waals surface area contributed by atoms with Crippen molar-refractivity contribution in [3.05, 3.63) is 12.2 Å². The number of carbonyl (C=O) groups excluding carboxylic acids is 1. The van der Waals surface area contributed by atoms with E-state index >= 15 is 0 Å². The summed E-state index contributed by atoms with van der Waals surface area (Å²) in [7, 11) is -11.5. The Bertz CT molecular complexity index is 1630. The standard InChI is InChI=1S/C31H46O18S2.2K/c1-14(2)9-21(33)47-24-23(49-51(42,43)44)22(48-50(39,40)41)18(13-32)46-26(24)45-17-11-29(4)19-6-5-16-10-30(19,25(34)15(16)3)8-7-20(29)31(12-17,27(35)36)28(37)38;;/h14,16-20,22-26,32,34H,3,5-13H2,1-2,4H3,(H,35,36)(H,37,38)(H,39,40,41)(H,42,43,44);;/q;2*+1/p-2. The molecule has 0 amide bonds. The molecule has 0 radical (unpaired) electrons. The molecule has 1 spiro atoms. The topological polar surface area (TPSA) is 293 Å². The molecule has 53 heavy (non-hydrogen) atoms. The van der Waals surface area contributed by atoms with Gasteiger partial charge in [0, 0.05) is 18.3 Å². The third kappa shape index (κ3) is 9.42. The maximum atomic E-state index is 13.1. The second-order valence-electron chi connectivity index (χ2n) is 15.3. The summed E-state index contributed by atoms with van der Waals surface area (Å²) in [6.07, 6.45) is -12.0. The maximum absolute atomic E-state index is 13.1. The van der Waals surface area contributed by atoms with E-state index in [9.17, 15) is 60.8 Å². The number of carboxylic acids is 2. The van der Waals surface area contributed by atoms with Gasteiger partial charge in [0.2, 0.25) is 20.8 Å². The first kappa shape index (κ1) is 48.4. The molecule has 5 aliphatic rings. The summed E-state index contributed by atoms with van der Waals surface area (Å²) in [5, 5.41) is 42.9. The Hall–Kier alpha value is 1.00. The number of fused-ring (bicyclic) bond motifs is 3. The first-order chi connectivity index (χ1) is 23.5. The normalized spacial score (nSPS) is 39.1. The molecule has 2 bridgehead atoms. The van der Waals surface area contributed by atoms with Crippen molar-refractivity contribution in [1.82, 2.24) is 0 Å².